The number of benzene rings is 4. The van der Waals surface area contributed by atoms with Crippen molar-refractivity contribution in [2.75, 3.05) is 0 Å². The van der Waals surface area contributed by atoms with E-state index in [9.17, 15) is 0 Å². The first-order valence-corrected chi connectivity index (χ1v) is 9.48. The van der Waals surface area contributed by atoms with Crippen molar-refractivity contribution >= 4 is 33.2 Å². The molecule has 0 amide bonds. The van der Waals surface area contributed by atoms with Crippen molar-refractivity contribution in [2.24, 2.45) is 0 Å². The highest BCUT2D eigenvalue weighted by Crippen LogP contribution is 2.28. The minimum atomic E-state index is 0.984. The summed E-state index contributed by atoms with van der Waals surface area (Å²) in [4.78, 5) is 4.77. The second-order valence-corrected chi connectivity index (χ2v) is 6.95. The Bertz CT molecular complexity index is 1300. The van der Waals surface area contributed by atoms with Gasteiger partial charge in [-0.3, -0.25) is 4.98 Å². The Kier molecular flexibility index (Phi) is 4.19. The number of hydrogen-bond donors (Lipinski definition) is 0. The van der Waals surface area contributed by atoms with Gasteiger partial charge in [0, 0.05) is 17.2 Å². The van der Waals surface area contributed by atoms with Crippen LogP contribution in [0.25, 0.3) is 33.2 Å². The van der Waals surface area contributed by atoms with Gasteiger partial charge < -0.3 is 0 Å². The molecule has 1 aromatic heterocycles. The van der Waals surface area contributed by atoms with Crippen LogP contribution in [0.2, 0.25) is 0 Å². The zero-order valence-corrected chi connectivity index (χ0v) is 15.4. The van der Waals surface area contributed by atoms with Crippen molar-refractivity contribution in [3.05, 3.63) is 126 Å². The lowest BCUT2D eigenvalue weighted by Gasteiger charge is -2.10. The Labute approximate surface area is 164 Å². The maximum absolute atomic E-state index is 4.77. The van der Waals surface area contributed by atoms with Gasteiger partial charge in [0.1, 0.15) is 0 Å². The van der Waals surface area contributed by atoms with E-state index in [0.29, 0.717) is 0 Å². The zero-order valence-electron chi connectivity index (χ0n) is 15.4. The van der Waals surface area contributed by atoms with Gasteiger partial charge in [0.25, 0.3) is 0 Å². The van der Waals surface area contributed by atoms with Gasteiger partial charge in [0.05, 0.1) is 5.69 Å². The van der Waals surface area contributed by atoms with Crippen molar-refractivity contribution in [1.29, 1.82) is 0 Å². The summed E-state index contributed by atoms with van der Waals surface area (Å²) in [5.74, 6) is 0. The van der Waals surface area contributed by atoms with Gasteiger partial charge in [-0.1, -0.05) is 91.0 Å². The average molecular weight is 357 g/mol. The third kappa shape index (κ3) is 3.19. The molecule has 1 nitrogen and oxygen atoms in total. The first-order valence-electron chi connectivity index (χ1n) is 9.48. The highest BCUT2D eigenvalue weighted by Gasteiger charge is 2.08. The lowest BCUT2D eigenvalue weighted by molar-refractivity contribution is 1.30. The Morgan fingerprint density at radius 3 is 2.00 bits per heavy atom. The van der Waals surface area contributed by atoms with E-state index in [4.69, 9.17) is 4.98 Å². The second kappa shape index (κ2) is 7.13. The Morgan fingerprint density at radius 2 is 1.21 bits per heavy atom. The lowest BCUT2D eigenvalue weighted by Crippen LogP contribution is -1.92. The molecule has 1 heterocycles. The van der Waals surface area contributed by atoms with Gasteiger partial charge in [-0.25, -0.2) is 0 Å². The van der Waals surface area contributed by atoms with Crippen LogP contribution in [0.1, 0.15) is 16.8 Å². The Hall–Kier alpha value is -3.71. The third-order valence-corrected chi connectivity index (χ3v) is 5.08. The van der Waals surface area contributed by atoms with Gasteiger partial charge in [-0.15, -0.1) is 0 Å². The van der Waals surface area contributed by atoms with Crippen molar-refractivity contribution in [1.82, 2.24) is 4.98 Å². The average Bonchev–Trinajstić information content (AvgIpc) is 2.77. The van der Waals surface area contributed by atoms with Crippen LogP contribution in [-0.4, -0.2) is 4.98 Å². The van der Waals surface area contributed by atoms with Crippen LogP contribution < -0.4 is 0 Å². The van der Waals surface area contributed by atoms with E-state index in [0.717, 1.165) is 16.7 Å². The highest BCUT2D eigenvalue weighted by molar-refractivity contribution is 5.95. The van der Waals surface area contributed by atoms with Gasteiger partial charge >= 0.3 is 0 Å². The standard InChI is InChI=1S/C27H19N/c1-2-9-22(10-3-1)26(27-18-24-12-6-7-13-25(24)19-28-27)17-20-14-15-21-8-4-5-11-23(21)16-20/h1-19H. The largest absolute Gasteiger partial charge is 0.256 e. The van der Waals surface area contributed by atoms with Crippen molar-refractivity contribution < 1.29 is 0 Å². The van der Waals surface area contributed by atoms with Crippen LogP contribution in [-0.2, 0) is 0 Å². The molecule has 132 valence electrons. The fourth-order valence-electron chi connectivity index (χ4n) is 3.62. The van der Waals surface area contributed by atoms with Crippen LogP contribution in [0.15, 0.2) is 109 Å². The van der Waals surface area contributed by atoms with Crippen LogP contribution in [0.3, 0.4) is 0 Å². The first-order chi connectivity index (χ1) is 13.9. The minimum absolute atomic E-state index is 0.984. The van der Waals surface area contributed by atoms with Crippen LogP contribution in [0, 0.1) is 0 Å². The quantitative estimate of drug-likeness (QED) is 0.317. The molecule has 1 heteroatoms. The minimum Gasteiger partial charge on any atom is -0.256 e. The molecular formula is C27H19N. The van der Waals surface area contributed by atoms with Crippen LogP contribution in [0.4, 0.5) is 0 Å². The van der Waals surface area contributed by atoms with E-state index in [1.165, 1.54) is 27.3 Å². The molecule has 0 saturated heterocycles. The van der Waals surface area contributed by atoms with E-state index < -0.39 is 0 Å². The molecule has 0 atom stereocenters. The molecule has 5 rings (SSSR count). The van der Waals surface area contributed by atoms with Crippen molar-refractivity contribution in [2.45, 2.75) is 0 Å². The molecule has 28 heavy (non-hydrogen) atoms. The smallest absolute Gasteiger partial charge is 0.0714 e. The number of fused-ring (bicyclic) bond motifs is 2. The fourth-order valence-corrected chi connectivity index (χ4v) is 3.62. The van der Waals surface area contributed by atoms with E-state index in [1.807, 2.05) is 18.3 Å². The predicted molar refractivity (Wildman–Crippen MR) is 119 cm³/mol. The van der Waals surface area contributed by atoms with E-state index in [-0.39, 0.29) is 0 Å². The van der Waals surface area contributed by atoms with Gasteiger partial charge in [-0.05, 0) is 45.5 Å². The monoisotopic (exact) mass is 357 g/mol. The number of rotatable bonds is 3. The molecular weight excluding hydrogens is 338 g/mol. The summed E-state index contributed by atoms with van der Waals surface area (Å²) >= 11 is 0. The molecule has 0 N–H and O–H groups in total. The molecule has 0 bridgehead atoms. The molecule has 4 aromatic carbocycles. The third-order valence-electron chi connectivity index (χ3n) is 5.08. The summed E-state index contributed by atoms with van der Waals surface area (Å²) in [5, 5.41) is 4.86. The van der Waals surface area contributed by atoms with E-state index >= 15 is 0 Å². The zero-order chi connectivity index (χ0) is 18.8. The summed E-state index contributed by atoms with van der Waals surface area (Å²) in [6, 6.07) is 36.1. The van der Waals surface area contributed by atoms with Crippen molar-refractivity contribution in [3.8, 4) is 0 Å². The summed E-state index contributed by atoms with van der Waals surface area (Å²) in [5.41, 5.74) is 4.45. The summed E-state index contributed by atoms with van der Waals surface area (Å²) < 4.78 is 0. The number of hydrogen-bond acceptors (Lipinski definition) is 1. The second-order valence-electron chi connectivity index (χ2n) is 6.95. The lowest BCUT2D eigenvalue weighted by atomic mass is 9.97. The molecule has 0 aliphatic heterocycles. The van der Waals surface area contributed by atoms with Crippen LogP contribution in [0.5, 0.6) is 0 Å². The molecule has 0 aliphatic rings. The number of aromatic nitrogens is 1. The molecule has 0 aliphatic carbocycles. The normalized spacial score (nSPS) is 11.8. The molecule has 0 unspecified atom stereocenters. The van der Waals surface area contributed by atoms with Gasteiger partial charge in [-0.2, -0.15) is 0 Å². The molecule has 0 saturated carbocycles. The molecule has 5 aromatic rings. The highest BCUT2D eigenvalue weighted by atomic mass is 14.7. The Morgan fingerprint density at radius 1 is 0.571 bits per heavy atom. The Balaban J connectivity index is 1.69. The summed E-state index contributed by atoms with van der Waals surface area (Å²) in [7, 11) is 0. The fraction of sp³-hybridized carbons (Fsp3) is 0. The molecule has 0 fully saturated rings. The van der Waals surface area contributed by atoms with E-state index in [1.54, 1.807) is 0 Å². The summed E-state index contributed by atoms with van der Waals surface area (Å²) in [6.45, 7) is 0. The van der Waals surface area contributed by atoms with Gasteiger partial charge in [0.15, 0.2) is 0 Å². The van der Waals surface area contributed by atoms with Crippen LogP contribution >= 0.6 is 0 Å². The van der Waals surface area contributed by atoms with E-state index in [2.05, 4.69) is 97.1 Å². The van der Waals surface area contributed by atoms with Crippen molar-refractivity contribution in [3.63, 3.8) is 0 Å². The molecule has 0 radical (unpaired) electrons. The molecule has 0 spiro atoms. The maximum atomic E-state index is 4.77. The SMILES string of the molecule is C(=C(c1ccccc1)c1cc2ccccc2cn1)c1ccc2ccccc2c1. The predicted octanol–water partition coefficient (Wildman–Crippen LogP) is 6.98. The summed E-state index contributed by atoms with van der Waals surface area (Å²) in [6.07, 6.45) is 4.20. The topological polar surface area (TPSA) is 12.9 Å². The number of pyridine rings is 1. The van der Waals surface area contributed by atoms with Gasteiger partial charge in [0.2, 0.25) is 0 Å². The number of nitrogens with zero attached hydrogens (tertiary/aromatic N) is 1. The maximum Gasteiger partial charge on any atom is 0.0714 e. The first kappa shape index (κ1) is 16.5.